The van der Waals surface area contributed by atoms with Gasteiger partial charge in [-0.1, -0.05) is 36.7 Å². The fourth-order valence-corrected chi connectivity index (χ4v) is 2.69. The zero-order chi connectivity index (χ0) is 16.8. The van der Waals surface area contributed by atoms with Crippen LogP contribution in [0.4, 0.5) is 5.69 Å². The number of rotatable bonds is 5. The Bertz CT molecular complexity index is 673. The van der Waals surface area contributed by atoms with Crippen molar-refractivity contribution in [1.29, 1.82) is 0 Å². The highest BCUT2D eigenvalue weighted by Crippen LogP contribution is 2.22. The van der Waals surface area contributed by atoms with Gasteiger partial charge in [-0.25, -0.2) is 0 Å². The van der Waals surface area contributed by atoms with Gasteiger partial charge in [-0.3, -0.25) is 0 Å². The molecule has 1 atom stereocenters. The molecule has 0 saturated carbocycles. The third kappa shape index (κ3) is 4.85. The molecule has 0 bridgehead atoms. The average Bonchev–Trinajstić information content (AvgIpc) is 2.56. The Labute approximate surface area is 148 Å². The maximum Gasteiger partial charge on any atom is 0.171 e. The van der Waals surface area contributed by atoms with Gasteiger partial charge < -0.3 is 15.4 Å². The molecule has 2 aromatic carbocycles. The van der Waals surface area contributed by atoms with Crippen molar-refractivity contribution in [2.75, 3.05) is 12.4 Å². The topological polar surface area (TPSA) is 33.3 Å². The van der Waals surface area contributed by atoms with E-state index in [1.807, 2.05) is 49.4 Å². The van der Waals surface area contributed by atoms with Crippen LogP contribution in [0.25, 0.3) is 0 Å². The molecule has 2 rings (SSSR count). The summed E-state index contributed by atoms with van der Waals surface area (Å²) in [5.41, 5.74) is 3.09. The smallest absolute Gasteiger partial charge is 0.171 e. The Kier molecular flexibility index (Phi) is 6.25. The Morgan fingerprint density at radius 2 is 1.91 bits per heavy atom. The van der Waals surface area contributed by atoms with Crippen molar-refractivity contribution < 1.29 is 4.74 Å². The van der Waals surface area contributed by atoms with Crippen LogP contribution in [0.3, 0.4) is 0 Å². The number of nitrogens with one attached hydrogen (secondary N) is 2. The normalized spacial score (nSPS) is 11.7. The minimum atomic E-state index is 0.141. The lowest BCUT2D eigenvalue weighted by molar-refractivity contribution is 0.414. The van der Waals surface area contributed by atoms with Gasteiger partial charge in [0.25, 0.3) is 0 Å². The maximum atomic E-state index is 6.14. The predicted octanol–water partition coefficient (Wildman–Crippen LogP) is 5.09. The third-order valence-corrected chi connectivity index (χ3v) is 4.29. The van der Waals surface area contributed by atoms with Gasteiger partial charge in [-0.15, -0.1) is 0 Å². The highest BCUT2D eigenvalue weighted by molar-refractivity contribution is 7.80. The van der Waals surface area contributed by atoms with Crippen LogP contribution in [0, 0.1) is 6.92 Å². The molecule has 0 saturated heterocycles. The van der Waals surface area contributed by atoms with Crippen LogP contribution >= 0.6 is 23.8 Å². The number of hydrogen-bond donors (Lipinski definition) is 2. The summed E-state index contributed by atoms with van der Waals surface area (Å²) in [6, 6.07) is 13.9. The summed E-state index contributed by atoms with van der Waals surface area (Å²) in [6.07, 6.45) is 0.919. The molecule has 122 valence electrons. The van der Waals surface area contributed by atoms with Crippen LogP contribution < -0.4 is 15.4 Å². The summed E-state index contributed by atoms with van der Waals surface area (Å²) in [5, 5.41) is 7.82. The van der Waals surface area contributed by atoms with Gasteiger partial charge >= 0.3 is 0 Å². The van der Waals surface area contributed by atoms with Crippen molar-refractivity contribution in [3.8, 4) is 5.75 Å². The number of benzene rings is 2. The van der Waals surface area contributed by atoms with E-state index < -0.39 is 0 Å². The van der Waals surface area contributed by atoms with Crippen LogP contribution in [0.15, 0.2) is 42.5 Å². The molecule has 1 unspecified atom stereocenters. The largest absolute Gasteiger partial charge is 0.497 e. The van der Waals surface area contributed by atoms with Crippen LogP contribution in [0.5, 0.6) is 5.75 Å². The fourth-order valence-electron chi connectivity index (χ4n) is 2.25. The zero-order valence-electron chi connectivity index (χ0n) is 13.5. The van der Waals surface area contributed by atoms with E-state index in [0.29, 0.717) is 5.11 Å². The molecule has 0 aromatic heterocycles. The first-order valence-electron chi connectivity index (χ1n) is 7.51. The highest BCUT2D eigenvalue weighted by atomic mass is 35.5. The molecular formula is C18H21ClN2OS. The Hall–Kier alpha value is -1.78. The summed E-state index contributed by atoms with van der Waals surface area (Å²) in [4.78, 5) is 0. The minimum Gasteiger partial charge on any atom is -0.497 e. The van der Waals surface area contributed by atoms with Crippen molar-refractivity contribution in [2.24, 2.45) is 0 Å². The fraction of sp³-hybridized carbons (Fsp3) is 0.278. The van der Waals surface area contributed by atoms with E-state index in [0.717, 1.165) is 28.4 Å². The molecule has 0 fully saturated rings. The Morgan fingerprint density at radius 3 is 2.48 bits per heavy atom. The number of hydrogen-bond acceptors (Lipinski definition) is 2. The molecule has 0 radical (unpaired) electrons. The van der Waals surface area contributed by atoms with E-state index in [2.05, 4.69) is 17.6 Å². The second-order valence-electron chi connectivity index (χ2n) is 5.30. The van der Waals surface area contributed by atoms with E-state index in [1.165, 1.54) is 5.56 Å². The molecule has 0 aliphatic rings. The number of halogens is 1. The van der Waals surface area contributed by atoms with E-state index in [-0.39, 0.29) is 6.04 Å². The summed E-state index contributed by atoms with van der Waals surface area (Å²) < 4.78 is 5.19. The molecule has 2 N–H and O–H groups in total. The van der Waals surface area contributed by atoms with Crippen LogP contribution in [-0.2, 0) is 0 Å². The maximum absolute atomic E-state index is 6.14. The molecular weight excluding hydrogens is 328 g/mol. The van der Waals surface area contributed by atoms with E-state index in [9.17, 15) is 0 Å². The highest BCUT2D eigenvalue weighted by Gasteiger charge is 2.11. The van der Waals surface area contributed by atoms with Crippen LogP contribution in [0.1, 0.15) is 30.5 Å². The number of anilines is 1. The number of methoxy groups -OCH3 is 1. The molecule has 5 heteroatoms. The summed E-state index contributed by atoms with van der Waals surface area (Å²) in [7, 11) is 1.66. The van der Waals surface area contributed by atoms with Gasteiger partial charge in [0.15, 0.2) is 5.11 Å². The summed E-state index contributed by atoms with van der Waals surface area (Å²) in [5.74, 6) is 0.846. The van der Waals surface area contributed by atoms with Gasteiger partial charge in [-0.05, 0) is 61.0 Å². The molecule has 2 aromatic rings. The molecule has 3 nitrogen and oxygen atoms in total. The molecule has 0 heterocycles. The Morgan fingerprint density at radius 1 is 1.22 bits per heavy atom. The minimum absolute atomic E-state index is 0.141. The molecule has 0 amide bonds. The molecule has 0 spiro atoms. The summed E-state index contributed by atoms with van der Waals surface area (Å²) >= 11 is 11.6. The first-order chi connectivity index (χ1) is 11.0. The third-order valence-electron chi connectivity index (χ3n) is 3.66. The van der Waals surface area contributed by atoms with E-state index in [4.69, 9.17) is 28.6 Å². The SMILES string of the molecule is CCC(NC(=S)Nc1ccc(C)c(Cl)c1)c1ccc(OC)cc1. The number of aryl methyl sites for hydroxylation is 1. The van der Waals surface area contributed by atoms with Crippen molar-refractivity contribution in [3.63, 3.8) is 0 Å². The zero-order valence-corrected chi connectivity index (χ0v) is 15.1. The molecule has 23 heavy (non-hydrogen) atoms. The van der Waals surface area contributed by atoms with Gasteiger partial charge in [0, 0.05) is 10.7 Å². The molecule has 0 aliphatic heterocycles. The second-order valence-corrected chi connectivity index (χ2v) is 6.11. The number of ether oxygens (including phenoxy) is 1. The van der Waals surface area contributed by atoms with Gasteiger partial charge in [0.1, 0.15) is 5.75 Å². The lowest BCUT2D eigenvalue weighted by atomic mass is 10.0. The first kappa shape index (κ1) is 17.6. The van der Waals surface area contributed by atoms with E-state index >= 15 is 0 Å². The first-order valence-corrected chi connectivity index (χ1v) is 8.29. The number of thiocarbonyl (C=S) groups is 1. The average molecular weight is 349 g/mol. The van der Waals surface area contributed by atoms with Crippen LogP contribution in [0.2, 0.25) is 5.02 Å². The van der Waals surface area contributed by atoms with Crippen LogP contribution in [-0.4, -0.2) is 12.2 Å². The van der Waals surface area contributed by atoms with Crippen molar-refractivity contribution in [2.45, 2.75) is 26.3 Å². The second kappa shape index (κ2) is 8.18. The Balaban J connectivity index is 2.02. The molecule has 0 aliphatic carbocycles. The van der Waals surface area contributed by atoms with Crippen molar-refractivity contribution in [3.05, 3.63) is 58.6 Å². The van der Waals surface area contributed by atoms with Crippen molar-refractivity contribution >= 4 is 34.6 Å². The standard InChI is InChI=1S/C18H21ClN2OS/c1-4-17(13-6-9-15(22-3)10-7-13)21-18(23)20-14-8-5-12(2)16(19)11-14/h5-11,17H,4H2,1-3H3,(H2,20,21,23). The monoisotopic (exact) mass is 348 g/mol. The van der Waals surface area contributed by atoms with E-state index in [1.54, 1.807) is 7.11 Å². The lowest BCUT2D eigenvalue weighted by Crippen LogP contribution is -2.32. The van der Waals surface area contributed by atoms with Gasteiger partial charge in [-0.2, -0.15) is 0 Å². The lowest BCUT2D eigenvalue weighted by Gasteiger charge is -2.20. The van der Waals surface area contributed by atoms with Gasteiger partial charge in [0.05, 0.1) is 13.2 Å². The summed E-state index contributed by atoms with van der Waals surface area (Å²) in [6.45, 7) is 4.09. The predicted molar refractivity (Wildman–Crippen MR) is 102 cm³/mol. The van der Waals surface area contributed by atoms with Crippen molar-refractivity contribution in [1.82, 2.24) is 5.32 Å². The quantitative estimate of drug-likeness (QED) is 0.737. The van der Waals surface area contributed by atoms with Gasteiger partial charge in [0.2, 0.25) is 0 Å².